The molecule has 3 N–H and O–H groups in total. The molecule has 0 radical (unpaired) electrons. The molecule has 2 rings (SSSR count). The highest BCUT2D eigenvalue weighted by atomic mass is 16.3. The summed E-state index contributed by atoms with van der Waals surface area (Å²) in [6.07, 6.45) is 3.45. The third-order valence-corrected chi connectivity index (χ3v) is 2.61. The zero-order chi connectivity index (χ0) is 12.3. The summed E-state index contributed by atoms with van der Waals surface area (Å²) in [7, 11) is 2.00. The summed E-state index contributed by atoms with van der Waals surface area (Å²) >= 11 is 0. The predicted octanol–water partition coefficient (Wildman–Crippen LogP) is 1.31. The predicted molar refractivity (Wildman–Crippen MR) is 68.0 cm³/mol. The van der Waals surface area contributed by atoms with E-state index in [2.05, 4.69) is 10.00 Å². The number of aromatic hydroxyl groups is 1. The number of hydrogen-bond donors (Lipinski definition) is 2. The van der Waals surface area contributed by atoms with Crippen LogP contribution in [0.4, 0.5) is 11.4 Å². The molecule has 5 heteroatoms. The first kappa shape index (κ1) is 11.3. The first-order valence-electron chi connectivity index (χ1n) is 5.43. The second-order valence-electron chi connectivity index (χ2n) is 3.97. The fourth-order valence-corrected chi connectivity index (χ4v) is 1.59. The molecule has 0 aliphatic heterocycles. The number of nitrogen functional groups attached to an aromatic ring is 1. The maximum Gasteiger partial charge on any atom is 0.115 e. The number of benzene rings is 1. The van der Waals surface area contributed by atoms with Gasteiger partial charge in [0.15, 0.2) is 0 Å². The molecule has 0 amide bonds. The number of aromatic nitrogens is 2. The zero-order valence-electron chi connectivity index (χ0n) is 9.74. The van der Waals surface area contributed by atoms with E-state index in [4.69, 9.17) is 5.73 Å². The standard InChI is InChI=1S/C12H16N4O/c1-15(11-2-4-12(17)5-3-11)6-7-16-9-10(13)8-14-16/h2-5,8-9,17H,6-7,13H2,1H3. The molecule has 1 heterocycles. The smallest absolute Gasteiger partial charge is 0.115 e. The number of hydrogen-bond acceptors (Lipinski definition) is 4. The van der Waals surface area contributed by atoms with Crippen molar-refractivity contribution in [3.63, 3.8) is 0 Å². The van der Waals surface area contributed by atoms with Crippen LogP contribution in [-0.2, 0) is 6.54 Å². The Bertz CT molecular complexity index is 478. The second kappa shape index (κ2) is 4.78. The van der Waals surface area contributed by atoms with Crippen molar-refractivity contribution in [2.75, 3.05) is 24.2 Å². The van der Waals surface area contributed by atoms with Crippen LogP contribution in [0.15, 0.2) is 36.7 Å². The molecular formula is C12H16N4O. The molecule has 0 aliphatic carbocycles. The van der Waals surface area contributed by atoms with Crippen LogP contribution in [0.3, 0.4) is 0 Å². The minimum absolute atomic E-state index is 0.280. The maximum atomic E-state index is 9.20. The Morgan fingerprint density at radius 2 is 2.06 bits per heavy atom. The van der Waals surface area contributed by atoms with E-state index in [-0.39, 0.29) is 5.75 Å². The van der Waals surface area contributed by atoms with Crippen molar-refractivity contribution in [2.24, 2.45) is 0 Å². The van der Waals surface area contributed by atoms with Crippen LogP contribution in [0.25, 0.3) is 0 Å². The highest BCUT2D eigenvalue weighted by molar-refractivity contribution is 5.47. The SMILES string of the molecule is CN(CCn1cc(N)cn1)c1ccc(O)cc1. The topological polar surface area (TPSA) is 67.3 Å². The molecule has 0 aliphatic rings. The summed E-state index contributed by atoms with van der Waals surface area (Å²) in [5.74, 6) is 0.280. The van der Waals surface area contributed by atoms with Gasteiger partial charge in [0.1, 0.15) is 5.75 Å². The number of likely N-dealkylation sites (N-methyl/N-ethyl adjacent to an activating group) is 1. The van der Waals surface area contributed by atoms with Crippen LogP contribution < -0.4 is 10.6 Å². The lowest BCUT2D eigenvalue weighted by molar-refractivity contribution is 0.475. The van der Waals surface area contributed by atoms with E-state index in [0.29, 0.717) is 5.69 Å². The van der Waals surface area contributed by atoms with E-state index in [1.54, 1.807) is 18.3 Å². The third-order valence-electron chi connectivity index (χ3n) is 2.61. The molecule has 0 unspecified atom stereocenters. The van der Waals surface area contributed by atoms with Crippen LogP contribution in [0.2, 0.25) is 0 Å². The summed E-state index contributed by atoms with van der Waals surface area (Å²) in [6.45, 7) is 1.60. The summed E-state index contributed by atoms with van der Waals surface area (Å²) in [4.78, 5) is 2.09. The van der Waals surface area contributed by atoms with Crippen LogP contribution in [0, 0.1) is 0 Å². The minimum atomic E-state index is 0.280. The number of anilines is 2. The van der Waals surface area contributed by atoms with Gasteiger partial charge < -0.3 is 15.7 Å². The zero-order valence-corrected chi connectivity index (χ0v) is 9.74. The largest absolute Gasteiger partial charge is 0.508 e. The fourth-order valence-electron chi connectivity index (χ4n) is 1.59. The van der Waals surface area contributed by atoms with E-state index >= 15 is 0 Å². The number of phenols is 1. The molecule has 0 fully saturated rings. The van der Waals surface area contributed by atoms with E-state index in [0.717, 1.165) is 18.8 Å². The van der Waals surface area contributed by atoms with Crippen LogP contribution >= 0.6 is 0 Å². The molecular weight excluding hydrogens is 216 g/mol. The normalized spacial score (nSPS) is 10.4. The van der Waals surface area contributed by atoms with Crippen molar-refractivity contribution in [1.29, 1.82) is 0 Å². The Balaban J connectivity index is 1.93. The van der Waals surface area contributed by atoms with E-state index in [1.807, 2.05) is 30.1 Å². The fraction of sp³-hybridized carbons (Fsp3) is 0.250. The van der Waals surface area contributed by atoms with E-state index in [9.17, 15) is 5.11 Å². The molecule has 0 saturated heterocycles. The Hall–Kier alpha value is -2.17. The number of nitrogens with zero attached hydrogens (tertiary/aromatic N) is 3. The van der Waals surface area contributed by atoms with E-state index in [1.165, 1.54) is 0 Å². The maximum absolute atomic E-state index is 9.20. The van der Waals surface area contributed by atoms with Crippen molar-refractivity contribution < 1.29 is 5.11 Å². The molecule has 0 saturated carbocycles. The van der Waals surface area contributed by atoms with Gasteiger partial charge in [-0.1, -0.05) is 0 Å². The lowest BCUT2D eigenvalue weighted by Crippen LogP contribution is -2.22. The Labute approximate surface area is 100 Å². The van der Waals surface area contributed by atoms with E-state index < -0.39 is 0 Å². The van der Waals surface area contributed by atoms with Crippen molar-refractivity contribution in [3.8, 4) is 5.75 Å². The van der Waals surface area contributed by atoms with Gasteiger partial charge in [-0.2, -0.15) is 5.10 Å². The molecule has 0 bridgehead atoms. The van der Waals surface area contributed by atoms with Gasteiger partial charge in [0.05, 0.1) is 18.4 Å². The van der Waals surface area contributed by atoms with Gasteiger partial charge >= 0.3 is 0 Å². The van der Waals surface area contributed by atoms with Gasteiger partial charge in [-0.25, -0.2) is 0 Å². The summed E-state index contributed by atoms with van der Waals surface area (Å²) < 4.78 is 1.81. The third kappa shape index (κ3) is 2.90. The minimum Gasteiger partial charge on any atom is -0.508 e. The second-order valence-corrected chi connectivity index (χ2v) is 3.97. The van der Waals surface area contributed by atoms with Gasteiger partial charge in [-0.15, -0.1) is 0 Å². The lowest BCUT2D eigenvalue weighted by atomic mass is 10.3. The lowest BCUT2D eigenvalue weighted by Gasteiger charge is -2.19. The quantitative estimate of drug-likeness (QED) is 0.834. The van der Waals surface area contributed by atoms with Gasteiger partial charge in [0.25, 0.3) is 0 Å². The molecule has 17 heavy (non-hydrogen) atoms. The molecule has 1 aromatic heterocycles. The summed E-state index contributed by atoms with van der Waals surface area (Å²) in [5, 5.41) is 13.3. The average molecular weight is 232 g/mol. The first-order valence-corrected chi connectivity index (χ1v) is 5.43. The molecule has 0 atom stereocenters. The van der Waals surface area contributed by atoms with Gasteiger partial charge in [0, 0.05) is 25.5 Å². The molecule has 2 aromatic rings. The monoisotopic (exact) mass is 232 g/mol. The van der Waals surface area contributed by atoms with Crippen molar-refractivity contribution in [2.45, 2.75) is 6.54 Å². The highest BCUT2D eigenvalue weighted by Crippen LogP contribution is 2.16. The average Bonchev–Trinajstić information content (AvgIpc) is 2.73. The van der Waals surface area contributed by atoms with Gasteiger partial charge in [-0.05, 0) is 24.3 Å². The Kier molecular flexibility index (Phi) is 3.18. The molecule has 5 nitrogen and oxygen atoms in total. The van der Waals surface area contributed by atoms with Crippen molar-refractivity contribution in [1.82, 2.24) is 9.78 Å². The number of rotatable bonds is 4. The number of phenolic OH excluding ortho intramolecular Hbond substituents is 1. The van der Waals surface area contributed by atoms with Crippen LogP contribution in [0.1, 0.15) is 0 Å². The van der Waals surface area contributed by atoms with Crippen LogP contribution in [-0.4, -0.2) is 28.5 Å². The summed E-state index contributed by atoms with van der Waals surface area (Å²) in [5.41, 5.74) is 7.32. The van der Waals surface area contributed by atoms with Crippen molar-refractivity contribution in [3.05, 3.63) is 36.7 Å². The Morgan fingerprint density at radius 1 is 1.35 bits per heavy atom. The first-order chi connectivity index (χ1) is 8.15. The van der Waals surface area contributed by atoms with Crippen molar-refractivity contribution >= 4 is 11.4 Å². The molecule has 0 spiro atoms. The van der Waals surface area contributed by atoms with Gasteiger partial charge in [0.2, 0.25) is 0 Å². The summed E-state index contributed by atoms with van der Waals surface area (Å²) in [6, 6.07) is 7.12. The molecule has 1 aromatic carbocycles. The molecule has 90 valence electrons. The van der Waals surface area contributed by atoms with Crippen LogP contribution in [0.5, 0.6) is 5.75 Å². The number of nitrogens with two attached hydrogens (primary N) is 1. The highest BCUT2D eigenvalue weighted by Gasteiger charge is 2.01. The van der Waals surface area contributed by atoms with Gasteiger partial charge in [-0.3, -0.25) is 4.68 Å². The Morgan fingerprint density at radius 3 is 2.65 bits per heavy atom.